The zero-order valence-electron chi connectivity index (χ0n) is 15.1. The molecular weight excluding hydrogens is 386 g/mol. The monoisotopic (exact) mass is 405 g/mol. The molecule has 2 rings (SSSR count). The first-order chi connectivity index (χ1) is 13.1. The molecule has 0 unspecified atom stereocenters. The van der Waals surface area contributed by atoms with E-state index in [9.17, 15) is 22.8 Å². The fourth-order valence-electron chi connectivity index (χ4n) is 2.15. The summed E-state index contributed by atoms with van der Waals surface area (Å²) in [6.45, 7) is 1.37. The van der Waals surface area contributed by atoms with Crippen molar-refractivity contribution in [2.75, 3.05) is 12.4 Å². The number of sulfonamides is 1. The molecule has 0 bridgehead atoms. The van der Waals surface area contributed by atoms with E-state index in [0.717, 1.165) is 6.07 Å². The van der Waals surface area contributed by atoms with Crippen LogP contribution in [0.2, 0.25) is 0 Å². The molecule has 0 fully saturated rings. The lowest BCUT2D eigenvalue weighted by atomic mass is 10.2. The molecule has 28 heavy (non-hydrogen) atoms. The van der Waals surface area contributed by atoms with Gasteiger partial charge in [-0.1, -0.05) is 6.07 Å². The van der Waals surface area contributed by atoms with E-state index in [1.807, 2.05) is 0 Å². The van der Waals surface area contributed by atoms with Crippen LogP contribution in [0.1, 0.15) is 27.6 Å². The number of nitrogens with one attached hydrogen (secondary N) is 2. The molecule has 1 atom stereocenters. The third-order valence-corrected chi connectivity index (χ3v) is 5.15. The summed E-state index contributed by atoms with van der Waals surface area (Å²) in [5.41, 5.74) is 5.81. The molecule has 0 heterocycles. The van der Waals surface area contributed by atoms with Gasteiger partial charge in [0.15, 0.2) is 6.10 Å². The molecule has 4 N–H and O–H groups in total. The smallest absolute Gasteiger partial charge is 0.338 e. The van der Waals surface area contributed by atoms with Crippen molar-refractivity contribution in [3.63, 3.8) is 0 Å². The first-order valence-electron chi connectivity index (χ1n) is 8.09. The minimum Gasteiger partial charge on any atom is -0.449 e. The van der Waals surface area contributed by atoms with Crippen molar-refractivity contribution in [3.8, 4) is 0 Å². The maximum absolute atomic E-state index is 12.2. The Morgan fingerprint density at radius 1 is 1.04 bits per heavy atom. The fourth-order valence-corrected chi connectivity index (χ4v) is 2.93. The molecule has 148 valence electrons. The van der Waals surface area contributed by atoms with E-state index in [4.69, 9.17) is 10.5 Å². The molecule has 0 aliphatic carbocycles. The lowest BCUT2D eigenvalue weighted by Crippen LogP contribution is -2.30. The second kappa shape index (κ2) is 8.63. The summed E-state index contributed by atoms with van der Waals surface area (Å²) in [6.07, 6.45) is -1.15. The maximum atomic E-state index is 12.2. The van der Waals surface area contributed by atoms with Crippen LogP contribution in [-0.4, -0.2) is 39.4 Å². The number of hydrogen-bond donors (Lipinski definition) is 3. The highest BCUT2D eigenvalue weighted by Gasteiger charge is 2.21. The van der Waals surface area contributed by atoms with Gasteiger partial charge < -0.3 is 15.8 Å². The SMILES string of the molecule is CNS(=O)(=O)c1cccc(C(=O)O[C@H](C)C(=O)Nc2ccc(C(N)=O)cc2)c1. The number of nitrogens with two attached hydrogens (primary N) is 1. The van der Waals surface area contributed by atoms with Crippen LogP contribution >= 0.6 is 0 Å². The van der Waals surface area contributed by atoms with Crippen LogP contribution in [0.4, 0.5) is 5.69 Å². The Labute approximate surface area is 161 Å². The van der Waals surface area contributed by atoms with Crippen molar-refractivity contribution in [2.24, 2.45) is 5.73 Å². The topological polar surface area (TPSA) is 145 Å². The second-order valence-corrected chi connectivity index (χ2v) is 7.60. The van der Waals surface area contributed by atoms with Crippen molar-refractivity contribution < 1.29 is 27.5 Å². The number of benzene rings is 2. The van der Waals surface area contributed by atoms with E-state index in [0.29, 0.717) is 5.69 Å². The average molecular weight is 405 g/mol. The van der Waals surface area contributed by atoms with Crippen molar-refractivity contribution in [2.45, 2.75) is 17.9 Å². The maximum Gasteiger partial charge on any atom is 0.338 e. The molecule has 0 spiro atoms. The lowest BCUT2D eigenvalue weighted by molar-refractivity contribution is -0.123. The molecule has 0 saturated carbocycles. The Bertz CT molecular complexity index is 1000. The Morgan fingerprint density at radius 3 is 2.25 bits per heavy atom. The van der Waals surface area contributed by atoms with Crippen molar-refractivity contribution in [3.05, 3.63) is 59.7 Å². The van der Waals surface area contributed by atoms with Crippen LogP contribution in [0.5, 0.6) is 0 Å². The van der Waals surface area contributed by atoms with E-state index in [1.165, 1.54) is 56.4 Å². The van der Waals surface area contributed by atoms with E-state index >= 15 is 0 Å². The second-order valence-electron chi connectivity index (χ2n) is 5.71. The summed E-state index contributed by atoms with van der Waals surface area (Å²) in [4.78, 5) is 35.4. The first-order valence-corrected chi connectivity index (χ1v) is 9.57. The fraction of sp³-hybridized carbons (Fsp3) is 0.167. The highest BCUT2D eigenvalue weighted by Crippen LogP contribution is 2.14. The number of hydrogen-bond acceptors (Lipinski definition) is 6. The molecule has 0 aliphatic rings. The summed E-state index contributed by atoms with van der Waals surface area (Å²) in [7, 11) is -2.47. The van der Waals surface area contributed by atoms with E-state index < -0.39 is 33.9 Å². The Kier molecular flexibility index (Phi) is 6.49. The van der Waals surface area contributed by atoms with Gasteiger partial charge in [0, 0.05) is 11.3 Å². The number of carbonyl (C=O) groups is 3. The largest absolute Gasteiger partial charge is 0.449 e. The predicted octanol–water partition coefficient (Wildman–Crippen LogP) is 0.878. The van der Waals surface area contributed by atoms with Gasteiger partial charge in [-0.2, -0.15) is 0 Å². The Morgan fingerprint density at radius 2 is 1.68 bits per heavy atom. The van der Waals surface area contributed by atoms with Crippen LogP contribution in [0.25, 0.3) is 0 Å². The highest BCUT2D eigenvalue weighted by atomic mass is 32.2. The quantitative estimate of drug-likeness (QED) is 0.583. The summed E-state index contributed by atoms with van der Waals surface area (Å²) >= 11 is 0. The predicted molar refractivity (Wildman–Crippen MR) is 101 cm³/mol. The minimum atomic E-state index is -3.72. The van der Waals surface area contributed by atoms with Gasteiger partial charge in [0.1, 0.15) is 0 Å². The van der Waals surface area contributed by atoms with Gasteiger partial charge in [0.2, 0.25) is 15.9 Å². The molecule has 0 saturated heterocycles. The van der Waals surface area contributed by atoms with Gasteiger partial charge in [-0.05, 0) is 56.4 Å². The molecule has 2 aromatic rings. The van der Waals surface area contributed by atoms with Crippen LogP contribution in [0.3, 0.4) is 0 Å². The average Bonchev–Trinajstić information content (AvgIpc) is 2.68. The Balaban J connectivity index is 2.04. The molecular formula is C18H19N3O6S. The van der Waals surface area contributed by atoms with Gasteiger partial charge in [-0.3, -0.25) is 9.59 Å². The first kappa shape index (κ1) is 21.1. The summed E-state index contributed by atoms with van der Waals surface area (Å²) < 4.78 is 30.9. The number of primary amides is 1. The molecule has 2 aromatic carbocycles. The van der Waals surface area contributed by atoms with Gasteiger partial charge in [0.25, 0.3) is 5.91 Å². The third-order valence-electron chi connectivity index (χ3n) is 3.74. The normalized spacial score (nSPS) is 12.1. The molecule has 9 nitrogen and oxygen atoms in total. The van der Waals surface area contributed by atoms with Gasteiger partial charge in [-0.15, -0.1) is 0 Å². The zero-order chi connectivity index (χ0) is 20.9. The molecule has 0 radical (unpaired) electrons. The number of amides is 2. The highest BCUT2D eigenvalue weighted by molar-refractivity contribution is 7.89. The Hall–Kier alpha value is -3.24. The number of ether oxygens (including phenoxy) is 1. The summed E-state index contributed by atoms with van der Waals surface area (Å²) in [5, 5.41) is 2.54. The molecule has 10 heteroatoms. The van der Waals surface area contributed by atoms with Crippen LogP contribution < -0.4 is 15.8 Å². The molecule has 0 aromatic heterocycles. The van der Waals surface area contributed by atoms with Gasteiger partial charge >= 0.3 is 5.97 Å². The van der Waals surface area contributed by atoms with Gasteiger partial charge in [0.05, 0.1) is 10.5 Å². The lowest BCUT2D eigenvalue weighted by Gasteiger charge is -2.14. The molecule has 2 amide bonds. The van der Waals surface area contributed by atoms with Crippen LogP contribution in [-0.2, 0) is 19.6 Å². The third kappa shape index (κ3) is 5.15. The molecule has 0 aliphatic heterocycles. The van der Waals surface area contributed by atoms with Crippen molar-refractivity contribution >= 4 is 33.5 Å². The van der Waals surface area contributed by atoms with E-state index in [2.05, 4.69) is 10.0 Å². The van der Waals surface area contributed by atoms with Crippen molar-refractivity contribution in [1.29, 1.82) is 0 Å². The number of esters is 1. The number of carbonyl (C=O) groups excluding carboxylic acids is 3. The zero-order valence-corrected chi connectivity index (χ0v) is 15.9. The summed E-state index contributed by atoms with van der Waals surface area (Å²) in [5.74, 6) is -2.04. The minimum absolute atomic E-state index is 0.0122. The van der Waals surface area contributed by atoms with Crippen LogP contribution in [0, 0.1) is 0 Å². The standard InChI is InChI=1S/C18H19N3O6S/c1-11(17(23)21-14-8-6-12(7-9-14)16(19)22)27-18(24)13-4-3-5-15(10-13)28(25,26)20-2/h3-11,20H,1-2H3,(H2,19,22)(H,21,23)/t11-/m1/s1. The van der Waals surface area contributed by atoms with Crippen molar-refractivity contribution in [1.82, 2.24) is 4.72 Å². The van der Waals surface area contributed by atoms with Gasteiger partial charge in [-0.25, -0.2) is 17.9 Å². The van der Waals surface area contributed by atoms with Crippen LogP contribution in [0.15, 0.2) is 53.4 Å². The number of anilines is 1. The summed E-state index contributed by atoms with van der Waals surface area (Å²) in [6, 6.07) is 11.1. The number of rotatable bonds is 7. The van der Waals surface area contributed by atoms with E-state index in [-0.39, 0.29) is 16.0 Å². The van der Waals surface area contributed by atoms with E-state index in [1.54, 1.807) is 0 Å².